The Morgan fingerprint density at radius 3 is 2.45 bits per heavy atom. The van der Waals surface area contributed by atoms with Crippen LogP contribution >= 0.6 is 0 Å². The zero-order valence-electron chi connectivity index (χ0n) is 19.1. The summed E-state index contributed by atoms with van der Waals surface area (Å²) in [6, 6.07) is 5.37. The second-order valence-electron chi connectivity index (χ2n) is 7.65. The van der Waals surface area contributed by atoms with Gasteiger partial charge in [0.25, 0.3) is 5.91 Å². The summed E-state index contributed by atoms with van der Waals surface area (Å²) >= 11 is 0. The number of nitrogens with zero attached hydrogens (tertiary/aromatic N) is 3. The topological polar surface area (TPSA) is 78.1 Å². The number of halogens is 3. The quantitative estimate of drug-likeness (QED) is 0.334. The number of benzene rings is 1. The minimum absolute atomic E-state index is 0.146. The molecule has 0 aliphatic carbocycles. The van der Waals surface area contributed by atoms with E-state index in [0.29, 0.717) is 12.5 Å². The lowest BCUT2D eigenvalue weighted by atomic mass is 10.1. The van der Waals surface area contributed by atoms with Crippen LogP contribution in [0.15, 0.2) is 23.8 Å². The highest BCUT2D eigenvalue weighted by Gasteiger charge is 2.22. The van der Waals surface area contributed by atoms with Crippen LogP contribution in [0.1, 0.15) is 43.6 Å². The number of aromatic nitrogens is 1. The van der Waals surface area contributed by atoms with Gasteiger partial charge >= 0.3 is 0 Å². The van der Waals surface area contributed by atoms with E-state index < -0.39 is 41.5 Å². The van der Waals surface area contributed by atoms with Crippen molar-refractivity contribution in [2.45, 2.75) is 47.1 Å². The molecule has 33 heavy (non-hydrogen) atoms. The molecule has 1 heterocycles. The molecule has 2 amide bonds. The molecular formula is C24H27F3N4O2. The fraction of sp³-hybridized carbons (Fsp3) is 0.375. The van der Waals surface area contributed by atoms with Crippen molar-refractivity contribution in [3.05, 3.63) is 58.2 Å². The Hall–Kier alpha value is -3.54. The number of hydrogen-bond acceptors (Lipinski definition) is 3. The third-order valence-corrected chi connectivity index (χ3v) is 5.14. The summed E-state index contributed by atoms with van der Waals surface area (Å²) in [5.74, 6) is -6.07. The standard InChI is InChI=1S/C24H27F3N4O2/c1-5-9-30(14-21(32)29-20-8-7-19(25)22(26)23(20)27)24(33)18(13-28)12-17-11-15(3)31(10-6-2)16(17)4/h7-8,11-12H,5-6,9-10,14H2,1-4H3,(H,29,32)/b18-12+. The van der Waals surface area contributed by atoms with E-state index in [9.17, 15) is 28.0 Å². The molecule has 0 aliphatic rings. The van der Waals surface area contributed by atoms with E-state index in [-0.39, 0.29) is 12.1 Å². The monoisotopic (exact) mass is 460 g/mol. The highest BCUT2D eigenvalue weighted by Crippen LogP contribution is 2.21. The molecule has 0 atom stereocenters. The van der Waals surface area contributed by atoms with Crippen LogP contribution in [0.2, 0.25) is 0 Å². The van der Waals surface area contributed by atoms with Gasteiger partial charge in [-0.05, 0) is 56.5 Å². The molecule has 1 aromatic carbocycles. The number of anilines is 1. The van der Waals surface area contributed by atoms with E-state index in [2.05, 4.69) is 16.8 Å². The molecule has 0 spiro atoms. The third-order valence-electron chi connectivity index (χ3n) is 5.14. The second kappa shape index (κ2) is 11.4. The molecular weight excluding hydrogens is 433 g/mol. The van der Waals surface area contributed by atoms with Crippen LogP contribution in [0.25, 0.3) is 6.08 Å². The molecule has 1 N–H and O–H groups in total. The van der Waals surface area contributed by atoms with E-state index in [0.717, 1.165) is 40.9 Å². The molecule has 0 saturated carbocycles. The Kier molecular flexibility index (Phi) is 8.85. The molecule has 0 saturated heterocycles. The van der Waals surface area contributed by atoms with Gasteiger partial charge in [-0.15, -0.1) is 0 Å². The van der Waals surface area contributed by atoms with Gasteiger partial charge in [-0.3, -0.25) is 9.59 Å². The van der Waals surface area contributed by atoms with Crippen molar-refractivity contribution in [3.63, 3.8) is 0 Å². The lowest BCUT2D eigenvalue weighted by Gasteiger charge is -2.21. The Morgan fingerprint density at radius 1 is 1.15 bits per heavy atom. The molecule has 2 rings (SSSR count). The predicted octanol–water partition coefficient (Wildman–Crippen LogP) is 4.72. The van der Waals surface area contributed by atoms with Crippen molar-refractivity contribution in [2.24, 2.45) is 0 Å². The molecule has 176 valence electrons. The van der Waals surface area contributed by atoms with Crippen molar-refractivity contribution >= 4 is 23.6 Å². The first-order chi connectivity index (χ1) is 15.6. The fourth-order valence-corrected chi connectivity index (χ4v) is 3.52. The highest BCUT2D eigenvalue weighted by atomic mass is 19.2. The largest absolute Gasteiger partial charge is 0.349 e. The van der Waals surface area contributed by atoms with Gasteiger partial charge in [-0.25, -0.2) is 13.2 Å². The smallest absolute Gasteiger partial charge is 0.264 e. The van der Waals surface area contributed by atoms with E-state index in [1.165, 1.54) is 6.08 Å². The first-order valence-corrected chi connectivity index (χ1v) is 10.7. The summed E-state index contributed by atoms with van der Waals surface area (Å²) in [5, 5.41) is 11.7. The van der Waals surface area contributed by atoms with Gasteiger partial charge in [0.05, 0.1) is 5.69 Å². The third kappa shape index (κ3) is 6.04. The summed E-state index contributed by atoms with van der Waals surface area (Å²) in [6.45, 7) is 8.18. The lowest BCUT2D eigenvalue weighted by molar-refractivity contribution is -0.131. The minimum atomic E-state index is -1.70. The van der Waals surface area contributed by atoms with Crippen LogP contribution in [0.3, 0.4) is 0 Å². The fourth-order valence-electron chi connectivity index (χ4n) is 3.52. The zero-order valence-corrected chi connectivity index (χ0v) is 19.1. The van der Waals surface area contributed by atoms with Gasteiger partial charge < -0.3 is 14.8 Å². The Bertz CT molecular complexity index is 1120. The summed E-state index contributed by atoms with van der Waals surface area (Å²) < 4.78 is 42.5. The summed E-state index contributed by atoms with van der Waals surface area (Å²) in [4.78, 5) is 26.6. The number of amides is 2. The Labute approximate surface area is 191 Å². The number of carbonyl (C=O) groups excluding carboxylic acids is 2. The predicted molar refractivity (Wildman–Crippen MR) is 120 cm³/mol. The van der Waals surface area contributed by atoms with E-state index in [4.69, 9.17) is 0 Å². The number of carbonyl (C=O) groups is 2. The van der Waals surface area contributed by atoms with Crippen LogP contribution in [-0.4, -0.2) is 34.4 Å². The van der Waals surface area contributed by atoms with Crippen molar-refractivity contribution in [3.8, 4) is 6.07 Å². The van der Waals surface area contributed by atoms with Crippen molar-refractivity contribution in [2.75, 3.05) is 18.4 Å². The van der Waals surface area contributed by atoms with Crippen molar-refractivity contribution in [1.29, 1.82) is 5.26 Å². The van der Waals surface area contributed by atoms with Crippen molar-refractivity contribution < 1.29 is 22.8 Å². The minimum Gasteiger partial charge on any atom is -0.349 e. The number of nitrogens with one attached hydrogen (secondary N) is 1. The number of aryl methyl sites for hydroxylation is 1. The molecule has 6 nitrogen and oxygen atoms in total. The summed E-state index contributed by atoms with van der Waals surface area (Å²) in [7, 11) is 0. The highest BCUT2D eigenvalue weighted by molar-refractivity contribution is 6.04. The van der Waals surface area contributed by atoms with Gasteiger partial charge in [-0.2, -0.15) is 5.26 Å². The average Bonchev–Trinajstić information content (AvgIpc) is 3.04. The summed E-state index contributed by atoms with van der Waals surface area (Å²) in [6.07, 6.45) is 2.93. The average molecular weight is 461 g/mol. The molecule has 2 aromatic rings. The molecule has 0 bridgehead atoms. The van der Waals surface area contributed by atoms with Crippen LogP contribution in [0.5, 0.6) is 0 Å². The van der Waals surface area contributed by atoms with Gasteiger partial charge in [0, 0.05) is 24.5 Å². The van der Waals surface area contributed by atoms with Gasteiger partial charge in [0.15, 0.2) is 17.5 Å². The first-order valence-electron chi connectivity index (χ1n) is 10.7. The molecule has 0 aliphatic heterocycles. The van der Waals surface area contributed by atoms with Crippen LogP contribution < -0.4 is 5.32 Å². The molecule has 0 radical (unpaired) electrons. The van der Waals surface area contributed by atoms with E-state index in [1.54, 1.807) is 6.92 Å². The number of hydrogen-bond donors (Lipinski definition) is 1. The lowest BCUT2D eigenvalue weighted by Crippen LogP contribution is -2.39. The Balaban J connectivity index is 2.25. The second-order valence-corrected chi connectivity index (χ2v) is 7.65. The summed E-state index contributed by atoms with van der Waals surface area (Å²) in [5.41, 5.74) is 1.97. The number of nitriles is 1. The van der Waals surface area contributed by atoms with Gasteiger partial charge in [-0.1, -0.05) is 13.8 Å². The molecule has 0 unspecified atom stereocenters. The molecule has 9 heteroatoms. The maximum atomic E-state index is 13.9. The molecule has 0 fully saturated rings. The SMILES string of the molecule is CCCN(CC(=O)Nc1ccc(F)c(F)c1F)C(=O)/C(C#N)=C/c1cc(C)n(CCC)c1C. The normalized spacial score (nSPS) is 11.3. The maximum Gasteiger partial charge on any atom is 0.264 e. The van der Waals surface area contributed by atoms with Gasteiger partial charge in [0.1, 0.15) is 18.2 Å². The van der Waals surface area contributed by atoms with Crippen LogP contribution in [0, 0.1) is 42.6 Å². The molecule has 1 aromatic heterocycles. The zero-order chi connectivity index (χ0) is 24.7. The van der Waals surface area contributed by atoms with E-state index in [1.807, 2.05) is 26.0 Å². The van der Waals surface area contributed by atoms with Gasteiger partial charge in [0.2, 0.25) is 5.91 Å². The van der Waals surface area contributed by atoms with E-state index >= 15 is 0 Å². The Morgan fingerprint density at radius 2 is 1.85 bits per heavy atom. The number of rotatable bonds is 9. The first kappa shape index (κ1) is 25.7. The maximum absolute atomic E-state index is 13.9. The van der Waals surface area contributed by atoms with Crippen LogP contribution in [0.4, 0.5) is 18.9 Å². The van der Waals surface area contributed by atoms with Crippen LogP contribution in [-0.2, 0) is 16.1 Å². The van der Waals surface area contributed by atoms with Crippen molar-refractivity contribution in [1.82, 2.24) is 9.47 Å².